The average molecular weight is 278 g/mol. The quantitative estimate of drug-likeness (QED) is 0.763. The summed E-state index contributed by atoms with van der Waals surface area (Å²) in [6.07, 6.45) is 0.762. The summed E-state index contributed by atoms with van der Waals surface area (Å²) in [5.41, 5.74) is 1.53. The molecule has 0 unspecified atom stereocenters. The number of benzene rings is 1. The molecular weight excluding hydrogens is 256 g/mol. The van der Waals surface area contributed by atoms with Gasteiger partial charge in [0.15, 0.2) is 0 Å². The van der Waals surface area contributed by atoms with Crippen molar-refractivity contribution in [3.63, 3.8) is 0 Å². The molecule has 0 bridgehead atoms. The molecule has 1 aromatic rings. The van der Waals surface area contributed by atoms with Gasteiger partial charge in [-0.1, -0.05) is 18.2 Å². The zero-order valence-electron chi connectivity index (χ0n) is 12.3. The van der Waals surface area contributed by atoms with E-state index in [9.17, 15) is 9.59 Å². The van der Waals surface area contributed by atoms with Crippen LogP contribution in [0.2, 0.25) is 0 Å². The first-order valence-electron chi connectivity index (χ1n) is 6.63. The van der Waals surface area contributed by atoms with Crippen LogP contribution < -0.4 is 5.32 Å². The number of methoxy groups -OCH3 is 1. The van der Waals surface area contributed by atoms with Crippen LogP contribution in [0, 0.1) is 6.92 Å². The molecule has 0 atom stereocenters. The fourth-order valence-electron chi connectivity index (χ4n) is 1.81. The maximum atomic E-state index is 12.2. The Labute approximate surface area is 119 Å². The summed E-state index contributed by atoms with van der Waals surface area (Å²) in [6, 6.07) is 7.35. The van der Waals surface area contributed by atoms with Crippen molar-refractivity contribution < 1.29 is 14.3 Å². The zero-order valence-corrected chi connectivity index (χ0v) is 12.3. The Balaban J connectivity index is 2.46. The molecule has 5 nitrogen and oxygen atoms in total. The highest BCUT2D eigenvalue weighted by atomic mass is 16.5. The molecule has 0 spiro atoms. The Morgan fingerprint density at radius 1 is 1.30 bits per heavy atom. The maximum Gasteiger partial charge on any atom is 0.254 e. The number of rotatable bonds is 7. The summed E-state index contributed by atoms with van der Waals surface area (Å²) in [7, 11) is 3.25. The third-order valence-corrected chi connectivity index (χ3v) is 2.95. The van der Waals surface area contributed by atoms with E-state index < -0.39 is 0 Å². The van der Waals surface area contributed by atoms with Gasteiger partial charge in [-0.25, -0.2) is 0 Å². The average Bonchev–Trinajstić information content (AvgIpc) is 2.43. The topological polar surface area (TPSA) is 58.6 Å². The minimum atomic E-state index is -0.162. The highest BCUT2D eigenvalue weighted by molar-refractivity contribution is 5.97. The predicted molar refractivity (Wildman–Crippen MR) is 77.6 cm³/mol. The lowest BCUT2D eigenvalue weighted by Gasteiger charge is -2.18. The number of carbonyl (C=O) groups is 2. The Kier molecular flexibility index (Phi) is 6.73. The SMILES string of the molecule is COCCCNC(=O)CN(C)C(=O)c1ccccc1C. The standard InChI is InChI=1S/C15H22N2O3/c1-12-7-4-5-8-13(12)15(19)17(2)11-14(18)16-9-6-10-20-3/h4-5,7-8H,6,9-11H2,1-3H3,(H,16,18). The molecule has 110 valence electrons. The summed E-state index contributed by atoms with van der Waals surface area (Å²) in [5, 5.41) is 2.76. The molecule has 5 heteroatoms. The molecule has 0 aromatic heterocycles. The number of amides is 2. The van der Waals surface area contributed by atoms with Crippen molar-refractivity contribution in [3.05, 3.63) is 35.4 Å². The number of carbonyl (C=O) groups excluding carboxylic acids is 2. The second-order valence-corrected chi connectivity index (χ2v) is 4.67. The van der Waals surface area contributed by atoms with Gasteiger partial charge in [0.05, 0.1) is 6.54 Å². The van der Waals surface area contributed by atoms with Gasteiger partial charge < -0.3 is 15.0 Å². The van der Waals surface area contributed by atoms with E-state index in [-0.39, 0.29) is 18.4 Å². The molecule has 0 aliphatic carbocycles. The number of hydrogen-bond acceptors (Lipinski definition) is 3. The maximum absolute atomic E-state index is 12.2. The smallest absolute Gasteiger partial charge is 0.254 e. The Morgan fingerprint density at radius 3 is 2.65 bits per heavy atom. The zero-order chi connectivity index (χ0) is 15.0. The van der Waals surface area contributed by atoms with Crippen molar-refractivity contribution in [3.8, 4) is 0 Å². The molecule has 1 N–H and O–H groups in total. The number of hydrogen-bond donors (Lipinski definition) is 1. The van der Waals surface area contributed by atoms with Gasteiger partial charge in [0.2, 0.25) is 5.91 Å². The molecule has 20 heavy (non-hydrogen) atoms. The summed E-state index contributed by atoms with van der Waals surface area (Å²) >= 11 is 0. The second-order valence-electron chi connectivity index (χ2n) is 4.67. The lowest BCUT2D eigenvalue weighted by atomic mass is 10.1. The third-order valence-electron chi connectivity index (χ3n) is 2.95. The van der Waals surface area contributed by atoms with E-state index in [0.717, 1.165) is 12.0 Å². The van der Waals surface area contributed by atoms with Crippen LogP contribution in [0.1, 0.15) is 22.3 Å². The normalized spacial score (nSPS) is 10.2. The minimum absolute atomic E-state index is 0.0557. The third kappa shape index (κ3) is 5.01. The van der Waals surface area contributed by atoms with Crippen molar-refractivity contribution in [1.29, 1.82) is 0 Å². The van der Waals surface area contributed by atoms with Gasteiger partial charge in [-0.2, -0.15) is 0 Å². The van der Waals surface area contributed by atoms with Crippen molar-refractivity contribution >= 4 is 11.8 Å². The molecule has 0 radical (unpaired) electrons. The van der Waals surface area contributed by atoms with Crippen LogP contribution in [-0.2, 0) is 9.53 Å². The Bertz CT molecular complexity index is 460. The molecule has 1 rings (SSSR count). The van der Waals surface area contributed by atoms with Gasteiger partial charge in [-0.15, -0.1) is 0 Å². The largest absolute Gasteiger partial charge is 0.385 e. The van der Waals surface area contributed by atoms with Crippen molar-refractivity contribution in [2.45, 2.75) is 13.3 Å². The first-order valence-corrected chi connectivity index (χ1v) is 6.63. The monoisotopic (exact) mass is 278 g/mol. The van der Waals surface area contributed by atoms with Gasteiger partial charge in [-0.3, -0.25) is 9.59 Å². The Hall–Kier alpha value is -1.88. The number of nitrogens with one attached hydrogen (secondary N) is 1. The molecular formula is C15H22N2O3. The summed E-state index contributed by atoms with van der Waals surface area (Å²) in [5.74, 6) is -0.305. The van der Waals surface area contributed by atoms with E-state index in [1.165, 1.54) is 4.90 Å². The van der Waals surface area contributed by atoms with Crippen LogP contribution in [0.3, 0.4) is 0 Å². The van der Waals surface area contributed by atoms with E-state index in [1.54, 1.807) is 20.2 Å². The fraction of sp³-hybridized carbons (Fsp3) is 0.467. The summed E-state index contributed by atoms with van der Waals surface area (Å²) in [6.45, 7) is 3.10. The van der Waals surface area contributed by atoms with Crippen LogP contribution >= 0.6 is 0 Å². The van der Waals surface area contributed by atoms with E-state index in [2.05, 4.69) is 5.32 Å². The van der Waals surface area contributed by atoms with Gasteiger partial charge in [-0.05, 0) is 25.0 Å². The number of likely N-dealkylation sites (N-methyl/N-ethyl adjacent to an activating group) is 1. The van der Waals surface area contributed by atoms with E-state index in [4.69, 9.17) is 4.74 Å². The number of aryl methyl sites for hydroxylation is 1. The summed E-state index contributed by atoms with van der Waals surface area (Å²) < 4.78 is 4.90. The second kappa shape index (κ2) is 8.32. The first-order chi connectivity index (χ1) is 9.56. The molecule has 2 amide bonds. The molecule has 0 fully saturated rings. The highest BCUT2D eigenvalue weighted by Crippen LogP contribution is 2.09. The van der Waals surface area contributed by atoms with Crippen LogP contribution in [0.5, 0.6) is 0 Å². The molecule has 0 heterocycles. The van der Waals surface area contributed by atoms with Gasteiger partial charge in [0.1, 0.15) is 0 Å². The van der Waals surface area contributed by atoms with Gasteiger partial charge in [0.25, 0.3) is 5.91 Å². The fourth-order valence-corrected chi connectivity index (χ4v) is 1.81. The van der Waals surface area contributed by atoms with Gasteiger partial charge >= 0.3 is 0 Å². The number of nitrogens with zero attached hydrogens (tertiary/aromatic N) is 1. The molecule has 1 aromatic carbocycles. The van der Waals surface area contributed by atoms with Crippen molar-refractivity contribution in [2.24, 2.45) is 0 Å². The molecule has 0 saturated carbocycles. The van der Waals surface area contributed by atoms with E-state index in [1.807, 2.05) is 25.1 Å². The predicted octanol–water partition coefficient (Wildman–Crippen LogP) is 1.22. The summed E-state index contributed by atoms with van der Waals surface area (Å²) in [4.78, 5) is 25.3. The van der Waals surface area contributed by atoms with E-state index >= 15 is 0 Å². The van der Waals surface area contributed by atoms with Crippen LogP contribution in [-0.4, -0.2) is 50.6 Å². The van der Waals surface area contributed by atoms with E-state index in [0.29, 0.717) is 18.7 Å². The molecule has 0 saturated heterocycles. The van der Waals surface area contributed by atoms with Crippen molar-refractivity contribution in [2.75, 3.05) is 33.9 Å². The minimum Gasteiger partial charge on any atom is -0.385 e. The van der Waals surface area contributed by atoms with Gasteiger partial charge in [0, 0.05) is 32.9 Å². The lowest BCUT2D eigenvalue weighted by Crippen LogP contribution is -2.39. The first kappa shape index (κ1) is 16.2. The molecule has 0 aliphatic heterocycles. The number of ether oxygens (including phenoxy) is 1. The van der Waals surface area contributed by atoms with Crippen LogP contribution in [0.25, 0.3) is 0 Å². The highest BCUT2D eigenvalue weighted by Gasteiger charge is 2.15. The van der Waals surface area contributed by atoms with Crippen LogP contribution in [0.15, 0.2) is 24.3 Å². The van der Waals surface area contributed by atoms with Crippen LogP contribution in [0.4, 0.5) is 0 Å². The molecule has 0 aliphatic rings. The van der Waals surface area contributed by atoms with Crippen molar-refractivity contribution in [1.82, 2.24) is 10.2 Å². The lowest BCUT2D eigenvalue weighted by molar-refractivity contribution is -0.121. The Morgan fingerprint density at radius 2 is 2.00 bits per heavy atom.